The number of aliphatic hydroxyl groups excluding tert-OH is 1. The Bertz CT molecular complexity index is 471. The highest BCUT2D eigenvalue weighted by Gasteiger charge is 1.98. The van der Waals surface area contributed by atoms with E-state index in [9.17, 15) is 0 Å². The van der Waals surface area contributed by atoms with Gasteiger partial charge in [-0.15, -0.1) is 0 Å². The normalized spacial score (nSPS) is 10.6. The number of hydrogen-bond donors (Lipinski definition) is 1. The Morgan fingerprint density at radius 1 is 0.778 bits per heavy atom. The van der Waals surface area contributed by atoms with Gasteiger partial charge in [0, 0.05) is 7.11 Å². The minimum atomic E-state index is 0.103. The number of ether oxygens (including phenoxy) is 1. The van der Waals surface area contributed by atoms with Crippen LogP contribution in [0.5, 0.6) is 0 Å². The lowest BCUT2D eigenvalue weighted by atomic mass is 10.0. The van der Waals surface area contributed by atoms with Gasteiger partial charge in [0.25, 0.3) is 0 Å². The molecule has 0 heterocycles. The van der Waals surface area contributed by atoms with Gasteiger partial charge < -0.3 is 9.84 Å². The lowest BCUT2D eigenvalue weighted by molar-refractivity contribution is 0.185. The van der Waals surface area contributed by atoms with Crippen LogP contribution in [-0.2, 0) is 24.4 Å². The smallest absolute Gasteiger partial charge is 0.0713 e. The van der Waals surface area contributed by atoms with Gasteiger partial charge >= 0.3 is 0 Å². The van der Waals surface area contributed by atoms with Gasteiger partial charge in [0.2, 0.25) is 0 Å². The van der Waals surface area contributed by atoms with Gasteiger partial charge in [0.15, 0.2) is 0 Å². The van der Waals surface area contributed by atoms with Crippen LogP contribution in [0.25, 0.3) is 0 Å². The standard InChI is InChI=1S/C16H18O2/c1-18-12-16-8-4-14(5-9-16)10-13-2-6-15(11-17)7-3-13/h2-9,17H,10-12H2,1H3. The summed E-state index contributed by atoms with van der Waals surface area (Å²) in [4.78, 5) is 0. The molecule has 0 radical (unpaired) electrons. The van der Waals surface area contributed by atoms with Crippen molar-refractivity contribution in [1.29, 1.82) is 0 Å². The van der Waals surface area contributed by atoms with Gasteiger partial charge in [-0.05, 0) is 28.7 Å². The van der Waals surface area contributed by atoms with Crippen molar-refractivity contribution in [2.24, 2.45) is 0 Å². The molecule has 2 aromatic rings. The third-order valence-electron chi connectivity index (χ3n) is 2.95. The van der Waals surface area contributed by atoms with Gasteiger partial charge in [-0.1, -0.05) is 48.5 Å². The van der Waals surface area contributed by atoms with Crippen molar-refractivity contribution in [3.63, 3.8) is 0 Å². The summed E-state index contributed by atoms with van der Waals surface area (Å²) >= 11 is 0. The van der Waals surface area contributed by atoms with Crippen LogP contribution in [0.15, 0.2) is 48.5 Å². The van der Waals surface area contributed by atoms with Crippen molar-refractivity contribution in [2.75, 3.05) is 7.11 Å². The molecule has 2 rings (SSSR count). The molecule has 0 atom stereocenters. The number of benzene rings is 2. The molecule has 2 nitrogen and oxygen atoms in total. The molecule has 0 fully saturated rings. The van der Waals surface area contributed by atoms with Crippen LogP contribution in [0, 0.1) is 0 Å². The molecule has 0 bridgehead atoms. The Morgan fingerprint density at radius 3 is 1.67 bits per heavy atom. The first-order valence-electron chi connectivity index (χ1n) is 6.07. The molecule has 0 aliphatic carbocycles. The maximum Gasteiger partial charge on any atom is 0.0713 e. The summed E-state index contributed by atoms with van der Waals surface area (Å²) in [5, 5.41) is 8.99. The molecule has 0 saturated carbocycles. The first-order chi connectivity index (χ1) is 8.81. The summed E-state index contributed by atoms with van der Waals surface area (Å²) in [6.07, 6.45) is 0.916. The Balaban J connectivity index is 2.03. The van der Waals surface area contributed by atoms with E-state index in [1.165, 1.54) is 16.7 Å². The van der Waals surface area contributed by atoms with Crippen LogP contribution >= 0.6 is 0 Å². The molecular weight excluding hydrogens is 224 g/mol. The number of aliphatic hydroxyl groups is 1. The second-order valence-corrected chi connectivity index (χ2v) is 4.40. The number of rotatable bonds is 5. The van der Waals surface area contributed by atoms with Gasteiger partial charge in [-0.3, -0.25) is 0 Å². The quantitative estimate of drug-likeness (QED) is 0.873. The minimum absolute atomic E-state index is 0.103. The minimum Gasteiger partial charge on any atom is -0.392 e. The topological polar surface area (TPSA) is 29.5 Å². The van der Waals surface area contributed by atoms with E-state index in [1.807, 2.05) is 12.1 Å². The maximum atomic E-state index is 8.99. The highest BCUT2D eigenvalue weighted by molar-refractivity contribution is 5.30. The largest absolute Gasteiger partial charge is 0.392 e. The molecule has 0 saturated heterocycles. The summed E-state index contributed by atoms with van der Waals surface area (Å²) in [5.41, 5.74) is 4.68. The van der Waals surface area contributed by atoms with Crippen LogP contribution in [0.2, 0.25) is 0 Å². The summed E-state index contributed by atoms with van der Waals surface area (Å²) in [6.45, 7) is 0.761. The number of methoxy groups -OCH3 is 1. The zero-order valence-electron chi connectivity index (χ0n) is 10.6. The molecule has 1 N–H and O–H groups in total. The summed E-state index contributed by atoms with van der Waals surface area (Å²) < 4.78 is 5.09. The average molecular weight is 242 g/mol. The molecule has 0 unspecified atom stereocenters. The second-order valence-electron chi connectivity index (χ2n) is 4.40. The van der Waals surface area contributed by atoms with Crippen molar-refractivity contribution >= 4 is 0 Å². The van der Waals surface area contributed by atoms with E-state index in [-0.39, 0.29) is 6.61 Å². The van der Waals surface area contributed by atoms with Gasteiger partial charge in [-0.25, -0.2) is 0 Å². The van der Waals surface area contributed by atoms with E-state index in [2.05, 4.69) is 36.4 Å². The van der Waals surface area contributed by atoms with Crippen LogP contribution in [0.4, 0.5) is 0 Å². The Labute approximate surface area is 108 Å². The van der Waals surface area contributed by atoms with Crippen molar-refractivity contribution < 1.29 is 9.84 Å². The molecule has 0 aromatic heterocycles. The third kappa shape index (κ3) is 3.42. The predicted octanol–water partition coefficient (Wildman–Crippen LogP) is 2.92. The maximum absolute atomic E-state index is 8.99. The lowest BCUT2D eigenvalue weighted by Gasteiger charge is -2.05. The van der Waals surface area contributed by atoms with E-state index in [4.69, 9.17) is 9.84 Å². The van der Waals surface area contributed by atoms with Gasteiger partial charge in [0.05, 0.1) is 13.2 Å². The van der Waals surface area contributed by atoms with E-state index < -0.39 is 0 Å². The fourth-order valence-corrected chi connectivity index (χ4v) is 1.92. The van der Waals surface area contributed by atoms with Crippen LogP contribution in [0.3, 0.4) is 0 Å². The van der Waals surface area contributed by atoms with E-state index in [0.29, 0.717) is 6.61 Å². The first kappa shape index (κ1) is 12.8. The van der Waals surface area contributed by atoms with E-state index in [1.54, 1.807) is 7.11 Å². The summed E-state index contributed by atoms with van der Waals surface area (Å²) in [5.74, 6) is 0. The molecule has 18 heavy (non-hydrogen) atoms. The van der Waals surface area contributed by atoms with Crippen LogP contribution in [-0.4, -0.2) is 12.2 Å². The third-order valence-corrected chi connectivity index (χ3v) is 2.95. The fraction of sp³-hybridized carbons (Fsp3) is 0.250. The zero-order valence-corrected chi connectivity index (χ0v) is 10.6. The van der Waals surface area contributed by atoms with Gasteiger partial charge in [0.1, 0.15) is 0 Å². The van der Waals surface area contributed by atoms with Gasteiger partial charge in [-0.2, -0.15) is 0 Å². The molecular formula is C16H18O2. The van der Waals surface area contributed by atoms with E-state index in [0.717, 1.165) is 12.0 Å². The molecule has 2 aromatic carbocycles. The monoisotopic (exact) mass is 242 g/mol. The Hall–Kier alpha value is -1.64. The summed E-state index contributed by atoms with van der Waals surface area (Å²) in [6, 6.07) is 16.5. The molecule has 0 aliphatic heterocycles. The van der Waals surface area contributed by atoms with Crippen molar-refractivity contribution in [1.82, 2.24) is 0 Å². The highest BCUT2D eigenvalue weighted by atomic mass is 16.5. The molecule has 0 spiro atoms. The highest BCUT2D eigenvalue weighted by Crippen LogP contribution is 2.12. The van der Waals surface area contributed by atoms with E-state index >= 15 is 0 Å². The average Bonchev–Trinajstić information content (AvgIpc) is 2.42. The zero-order chi connectivity index (χ0) is 12.8. The van der Waals surface area contributed by atoms with Crippen LogP contribution in [0.1, 0.15) is 22.3 Å². The van der Waals surface area contributed by atoms with Crippen molar-refractivity contribution in [3.05, 3.63) is 70.8 Å². The Morgan fingerprint density at radius 2 is 1.22 bits per heavy atom. The SMILES string of the molecule is COCc1ccc(Cc2ccc(CO)cc2)cc1. The van der Waals surface area contributed by atoms with Crippen molar-refractivity contribution in [3.8, 4) is 0 Å². The Kier molecular flexibility index (Phi) is 4.51. The number of hydrogen-bond acceptors (Lipinski definition) is 2. The molecule has 2 heteroatoms. The molecule has 94 valence electrons. The lowest BCUT2D eigenvalue weighted by Crippen LogP contribution is -1.91. The molecule has 0 aliphatic rings. The first-order valence-corrected chi connectivity index (χ1v) is 6.07. The predicted molar refractivity (Wildman–Crippen MR) is 72.3 cm³/mol. The fourth-order valence-electron chi connectivity index (χ4n) is 1.92. The van der Waals surface area contributed by atoms with Crippen LogP contribution < -0.4 is 0 Å². The van der Waals surface area contributed by atoms with Crippen molar-refractivity contribution in [2.45, 2.75) is 19.6 Å². The second kappa shape index (κ2) is 6.34. The summed E-state index contributed by atoms with van der Waals surface area (Å²) in [7, 11) is 1.70. The molecule has 0 amide bonds.